The Labute approximate surface area is 106 Å². The van der Waals surface area contributed by atoms with Crippen LogP contribution < -0.4 is 4.74 Å². The van der Waals surface area contributed by atoms with Crippen LogP contribution in [-0.4, -0.2) is 30.4 Å². The maximum atomic E-state index is 11.4. The van der Waals surface area contributed by atoms with Crippen molar-refractivity contribution in [3.63, 3.8) is 0 Å². The molecule has 4 nitrogen and oxygen atoms in total. The molecule has 0 aromatic heterocycles. The van der Waals surface area contributed by atoms with E-state index >= 15 is 0 Å². The summed E-state index contributed by atoms with van der Waals surface area (Å²) in [5.74, 6) is 0.0196. The largest absolute Gasteiger partial charge is 0.486 e. The Morgan fingerprint density at radius 3 is 2.67 bits per heavy atom. The lowest BCUT2D eigenvalue weighted by molar-refractivity contribution is -0.147. The van der Waals surface area contributed by atoms with Crippen molar-refractivity contribution in [1.82, 2.24) is 0 Å². The molecule has 1 saturated carbocycles. The second-order valence-corrected chi connectivity index (χ2v) is 5.05. The third-order valence-corrected chi connectivity index (χ3v) is 3.91. The molecule has 18 heavy (non-hydrogen) atoms. The minimum atomic E-state index is -0.724. The summed E-state index contributed by atoms with van der Waals surface area (Å²) < 4.78 is 10.8. The van der Waals surface area contributed by atoms with Crippen LogP contribution >= 0.6 is 0 Å². The molecule has 1 aliphatic heterocycles. The molecule has 1 aromatic rings. The maximum absolute atomic E-state index is 11.4. The summed E-state index contributed by atoms with van der Waals surface area (Å²) in [6.07, 6.45) is 2.53. The molecule has 3 rings (SSSR count). The number of ether oxygens (including phenoxy) is 2. The second-order valence-electron chi connectivity index (χ2n) is 5.05. The standard InChI is InChI=1S/C14H16O4/c15-13(16)14(5-2-6-14)10-3-1-4-11(7-10)18-12-8-17-9-12/h1,3-4,7,12H,2,5-6,8-9H2,(H,15,16). The first-order chi connectivity index (χ1) is 8.71. The molecule has 1 saturated heterocycles. The number of hydrogen-bond donors (Lipinski definition) is 1. The van der Waals surface area contributed by atoms with Crippen molar-refractivity contribution in [1.29, 1.82) is 0 Å². The minimum Gasteiger partial charge on any atom is -0.486 e. The van der Waals surface area contributed by atoms with Crippen molar-refractivity contribution in [2.24, 2.45) is 0 Å². The smallest absolute Gasteiger partial charge is 0.314 e. The highest BCUT2D eigenvalue weighted by molar-refractivity contribution is 5.82. The van der Waals surface area contributed by atoms with E-state index in [-0.39, 0.29) is 6.10 Å². The van der Waals surface area contributed by atoms with Gasteiger partial charge in [0.25, 0.3) is 0 Å². The maximum Gasteiger partial charge on any atom is 0.314 e. The van der Waals surface area contributed by atoms with E-state index in [1.165, 1.54) is 0 Å². The summed E-state index contributed by atoms with van der Waals surface area (Å²) in [5, 5.41) is 9.41. The minimum absolute atomic E-state index is 0.113. The lowest BCUT2D eigenvalue weighted by atomic mass is 9.64. The van der Waals surface area contributed by atoms with Gasteiger partial charge in [0, 0.05) is 0 Å². The van der Waals surface area contributed by atoms with Gasteiger partial charge in [-0.2, -0.15) is 0 Å². The van der Waals surface area contributed by atoms with Crippen molar-refractivity contribution in [3.05, 3.63) is 29.8 Å². The number of carboxylic acids is 1. The highest BCUT2D eigenvalue weighted by Crippen LogP contribution is 2.44. The van der Waals surface area contributed by atoms with Crippen LogP contribution in [-0.2, 0) is 14.9 Å². The predicted molar refractivity (Wildman–Crippen MR) is 64.8 cm³/mol. The van der Waals surface area contributed by atoms with Gasteiger partial charge in [0.2, 0.25) is 0 Å². The van der Waals surface area contributed by atoms with Crippen LogP contribution in [0.5, 0.6) is 5.75 Å². The fourth-order valence-electron chi connectivity index (χ4n) is 2.50. The second kappa shape index (κ2) is 4.28. The first-order valence-corrected chi connectivity index (χ1v) is 6.29. The summed E-state index contributed by atoms with van der Waals surface area (Å²) in [6.45, 7) is 1.24. The van der Waals surface area contributed by atoms with Crippen LogP contribution in [0.3, 0.4) is 0 Å². The van der Waals surface area contributed by atoms with Crippen LogP contribution in [0.2, 0.25) is 0 Å². The van der Waals surface area contributed by atoms with Gasteiger partial charge in [0.15, 0.2) is 0 Å². The first-order valence-electron chi connectivity index (χ1n) is 6.29. The molecule has 0 unspecified atom stereocenters. The lowest BCUT2D eigenvalue weighted by Crippen LogP contribution is -2.42. The Hall–Kier alpha value is -1.55. The average Bonchev–Trinajstić information content (AvgIpc) is 2.22. The summed E-state index contributed by atoms with van der Waals surface area (Å²) in [4.78, 5) is 11.4. The monoisotopic (exact) mass is 248 g/mol. The first kappa shape index (κ1) is 11.5. The van der Waals surface area contributed by atoms with Gasteiger partial charge in [0.05, 0.1) is 18.6 Å². The number of benzene rings is 1. The van der Waals surface area contributed by atoms with Gasteiger partial charge in [-0.3, -0.25) is 4.79 Å². The molecule has 2 fully saturated rings. The topological polar surface area (TPSA) is 55.8 Å². The van der Waals surface area contributed by atoms with Crippen LogP contribution in [0.1, 0.15) is 24.8 Å². The molecule has 1 aromatic carbocycles. The van der Waals surface area contributed by atoms with Crippen molar-refractivity contribution in [2.45, 2.75) is 30.8 Å². The Bertz CT molecular complexity index is 461. The molecule has 1 heterocycles. The molecule has 0 atom stereocenters. The number of aliphatic carboxylic acids is 1. The molecule has 2 aliphatic rings. The van der Waals surface area contributed by atoms with Crippen LogP contribution in [0, 0.1) is 0 Å². The van der Waals surface area contributed by atoms with Gasteiger partial charge in [-0.15, -0.1) is 0 Å². The molecule has 4 heteroatoms. The summed E-state index contributed by atoms with van der Waals surface area (Å²) >= 11 is 0. The van der Waals surface area contributed by atoms with Gasteiger partial charge in [-0.05, 0) is 30.5 Å². The van der Waals surface area contributed by atoms with E-state index in [0.717, 1.165) is 30.6 Å². The van der Waals surface area contributed by atoms with Gasteiger partial charge in [0.1, 0.15) is 11.9 Å². The highest BCUT2D eigenvalue weighted by Gasteiger charge is 2.46. The highest BCUT2D eigenvalue weighted by atomic mass is 16.6. The zero-order valence-electron chi connectivity index (χ0n) is 10.1. The lowest BCUT2D eigenvalue weighted by Gasteiger charge is -2.38. The average molecular weight is 248 g/mol. The molecule has 0 amide bonds. The Kier molecular flexibility index (Phi) is 2.74. The van der Waals surface area contributed by atoms with E-state index in [2.05, 4.69) is 0 Å². The molecular formula is C14H16O4. The van der Waals surface area contributed by atoms with Crippen molar-refractivity contribution in [2.75, 3.05) is 13.2 Å². The van der Waals surface area contributed by atoms with E-state index < -0.39 is 11.4 Å². The SMILES string of the molecule is O=C(O)C1(c2cccc(OC3COC3)c2)CCC1. The Morgan fingerprint density at radius 1 is 1.39 bits per heavy atom. The number of hydrogen-bond acceptors (Lipinski definition) is 3. The van der Waals surface area contributed by atoms with E-state index in [9.17, 15) is 9.90 Å². The van der Waals surface area contributed by atoms with Crippen LogP contribution in [0.15, 0.2) is 24.3 Å². The molecule has 1 aliphatic carbocycles. The zero-order valence-corrected chi connectivity index (χ0v) is 10.1. The zero-order chi connectivity index (χ0) is 12.6. The Balaban J connectivity index is 1.83. The number of carboxylic acid groups (broad SMARTS) is 1. The molecule has 96 valence electrons. The van der Waals surface area contributed by atoms with Crippen molar-refractivity contribution in [3.8, 4) is 5.75 Å². The Morgan fingerprint density at radius 2 is 2.17 bits per heavy atom. The van der Waals surface area contributed by atoms with E-state index in [1.54, 1.807) is 0 Å². The molecule has 1 N–H and O–H groups in total. The molecular weight excluding hydrogens is 232 g/mol. The normalized spacial score (nSPS) is 21.8. The van der Waals surface area contributed by atoms with Crippen LogP contribution in [0.4, 0.5) is 0 Å². The van der Waals surface area contributed by atoms with Gasteiger partial charge < -0.3 is 14.6 Å². The van der Waals surface area contributed by atoms with Gasteiger partial charge in [-0.25, -0.2) is 0 Å². The summed E-state index contributed by atoms with van der Waals surface area (Å²) in [6, 6.07) is 7.49. The van der Waals surface area contributed by atoms with Crippen LogP contribution in [0.25, 0.3) is 0 Å². The molecule has 0 radical (unpaired) electrons. The quantitative estimate of drug-likeness (QED) is 0.885. The number of carbonyl (C=O) groups is 1. The fraction of sp³-hybridized carbons (Fsp3) is 0.500. The van der Waals surface area contributed by atoms with Crippen molar-refractivity contribution >= 4 is 5.97 Å². The van der Waals surface area contributed by atoms with E-state index in [1.807, 2.05) is 24.3 Å². The predicted octanol–water partition coefficient (Wildman–Crippen LogP) is 1.97. The molecule has 0 spiro atoms. The van der Waals surface area contributed by atoms with Gasteiger partial charge >= 0.3 is 5.97 Å². The third kappa shape index (κ3) is 1.77. The van der Waals surface area contributed by atoms with Gasteiger partial charge in [-0.1, -0.05) is 18.6 Å². The van der Waals surface area contributed by atoms with Crippen molar-refractivity contribution < 1.29 is 19.4 Å². The van der Waals surface area contributed by atoms with E-state index in [4.69, 9.17) is 9.47 Å². The third-order valence-electron chi connectivity index (χ3n) is 3.91. The summed E-state index contributed by atoms with van der Waals surface area (Å²) in [5.41, 5.74) is 0.175. The van der Waals surface area contributed by atoms with E-state index in [0.29, 0.717) is 13.2 Å². The summed E-state index contributed by atoms with van der Waals surface area (Å²) in [7, 11) is 0. The number of rotatable bonds is 4. The molecule has 0 bridgehead atoms. The fourth-order valence-corrected chi connectivity index (χ4v) is 2.50.